The predicted molar refractivity (Wildman–Crippen MR) is 106 cm³/mol. The fourth-order valence-electron chi connectivity index (χ4n) is 3.71. The van der Waals surface area contributed by atoms with Gasteiger partial charge in [0.05, 0.1) is 11.3 Å². The predicted octanol–water partition coefficient (Wildman–Crippen LogP) is 4.60. The van der Waals surface area contributed by atoms with Crippen LogP contribution in [-0.4, -0.2) is 33.7 Å². The second-order valence-corrected chi connectivity index (χ2v) is 8.11. The van der Waals surface area contributed by atoms with Crippen LogP contribution in [-0.2, 0) is 13.0 Å². The zero-order valence-electron chi connectivity index (χ0n) is 15.9. The standard InChI is InChI=1S/C21H28ClN3O/c1-15(2)14-25-20(22)19(16(3)23-25)21(26)24-11-9-18(10-12-24)13-17-7-5-4-6-8-17/h4-8,15,18H,9-14H2,1-3H3. The van der Waals surface area contributed by atoms with E-state index >= 15 is 0 Å². The molecule has 0 bridgehead atoms. The zero-order valence-corrected chi connectivity index (χ0v) is 16.7. The first-order valence-electron chi connectivity index (χ1n) is 9.51. The molecule has 1 aliphatic heterocycles. The minimum atomic E-state index is 0.0284. The highest BCUT2D eigenvalue weighted by molar-refractivity contribution is 6.33. The topological polar surface area (TPSA) is 38.1 Å². The number of aromatic nitrogens is 2. The van der Waals surface area contributed by atoms with E-state index < -0.39 is 0 Å². The Morgan fingerprint density at radius 1 is 1.23 bits per heavy atom. The van der Waals surface area contributed by atoms with Crippen molar-refractivity contribution in [3.8, 4) is 0 Å². The Labute approximate surface area is 161 Å². The van der Waals surface area contributed by atoms with Gasteiger partial charge in [0, 0.05) is 19.6 Å². The molecule has 0 unspecified atom stereocenters. The first kappa shape index (κ1) is 19.0. The van der Waals surface area contributed by atoms with E-state index in [4.69, 9.17) is 11.6 Å². The summed E-state index contributed by atoms with van der Waals surface area (Å²) >= 11 is 6.48. The van der Waals surface area contributed by atoms with Crippen molar-refractivity contribution >= 4 is 17.5 Å². The molecule has 0 atom stereocenters. The number of likely N-dealkylation sites (tertiary alicyclic amines) is 1. The van der Waals surface area contributed by atoms with Crippen LogP contribution in [0, 0.1) is 18.8 Å². The van der Waals surface area contributed by atoms with Gasteiger partial charge in [-0.1, -0.05) is 55.8 Å². The maximum Gasteiger partial charge on any atom is 0.258 e. The Morgan fingerprint density at radius 2 is 1.88 bits per heavy atom. The molecule has 140 valence electrons. The minimum absolute atomic E-state index is 0.0284. The number of hydrogen-bond donors (Lipinski definition) is 0. The lowest BCUT2D eigenvalue weighted by molar-refractivity contribution is 0.0690. The Balaban J connectivity index is 1.63. The molecular weight excluding hydrogens is 346 g/mol. The molecule has 1 aliphatic rings. The third kappa shape index (κ3) is 4.29. The van der Waals surface area contributed by atoms with E-state index in [2.05, 4.69) is 49.3 Å². The van der Waals surface area contributed by atoms with Gasteiger partial charge in [-0.05, 0) is 43.6 Å². The summed E-state index contributed by atoms with van der Waals surface area (Å²) in [4.78, 5) is 14.9. The van der Waals surface area contributed by atoms with Crippen molar-refractivity contribution in [1.29, 1.82) is 0 Å². The van der Waals surface area contributed by atoms with Crippen LogP contribution in [0.1, 0.15) is 48.3 Å². The number of hydrogen-bond acceptors (Lipinski definition) is 2. The van der Waals surface area contributed by atoms with E-state index in [1.54, 1.807) is 4.68 Å². The SMILES string of the molecule is Cc1nn(CC(C)C)c(Cl)c1C(=O)N1CCC(Cc2ccccc2)CC1. The molecule has 3 rings (SSSR count). The molecule has 2 aromatic rings. The van der Waals surface area contributed by atoms with E-state index in [9.17, 15) is 4.79 Å². The van der Waals surface area contributed by atoms with Crippen LogP contribution in [0.5, 0.6) is 0 Å². The Hall–Kier alpha value is -1.81. The normalized spacial score (nSPS) is 15.7. The van der Waals surface area contributed by atoms with Crippen molar-refractivity contribution in [3.05, 3.63) is 52.3 Å². The Bertz CT molecular complexity index is 746. The number of rotatable bonds is 5. The lowest BCUT2D eigenvalue weighted by Gasteiger charge is -2.32. The number of amides is 1. The minimum Gasteiger partial charge on any atom is -0.338 e. The third-order valence-corrected chi connectivity index (χ3v) is 5.47. The number of benzene rings is 1. The monoisotopic (exact) mass is 373 g/mol. The van der Waals surface area contributed by atoms with Gasteiger partial charge in [-0.3, -0.25) is 9.48 Å². The lowest BCUT2D eigenvalue weighted by atomic mass is 9.90. The average Bonchev–Trinajstić information content (AvgIpc) is 2.89. The third-order valence-electron chi connectivity index (χ3n) is 5.09. The molecular formula is C21H28ClN3O. The summed E-state index contributed by atoms with van der Waals surface area (Å²) in [6, 6.07) is 10.6. The quantitative estimate of drug-likeness (QED) is 0.768. The van der Waals surface area contributed by atoms with E-state index in [-0.39, 0.29) is 5.91 Å². The first-order chi connectivity index (χ1) is 12.5. The molecule has 0 radical (unpaired) electrons. The second kappa shape index (κ2) is 8.26. The molecule has 1 amide bonds. The number of halogens is 1. The van der Waals surface area contributed by atoms with Gasteiger partial charge in [-0.2, -0.15) is 5.10 Å². The van der Waals surface area contributed by atoms with Crippen LogP contribution >= 0.6 is 11.6 Å². The summed E-state index contributed by atoms with van der Waals surface area (Å²) < 4.78 is 1.76. The van der Waals surface area contributed by atoms with Crippen LogP contribution in [0.2, 0.25) is 5.15 Å². The molecule has 2 heterocycles. The highest BCUT2D eigenvalue weighted by atomic mass is 35.5. The van der Waals surface area contributed by atoms with E-state index in [1.165, 1.54) is 5.56 Å². The number of carbonyl (C=O) groups is 1. The molecule has 0 N–H and O–H groups in total. The smallest absolute Gasteiger partial charge is 0.258 e. The lowest BCUT2D eigenvalue weighted by Crippen LogP contribution is -2.39. The van der Waals surface area contributed by atoms with Crippen LogP contribution in [0.3, 0.4) is 0 Å². The molecule has 1 aromatic heterocycles. The van der Waals surface area contributed by atoms with Gasteiger partial charge in [0.2, 0.25) is 0 Å². The highest BCUT2D eigenvalue weighted by Gasteiger charge is 2.28. The first-order valence-corrected chi connectivity index (χ1v) is 9.89. The van der Waals surface area contributed by atoms with Crippen molar-refractivity contribution in [3.63, 3.8) is 0 Å². The number of nitrogens with zero attached hydrogens (tertiary/aromatic N) is 3. The van der Waals surface area contributed by atoms with E-state index in [0.29, 0.717) is 22.6 Å². The zero-order chi connectivity index (χ0) is 18.7. The van der Waals surface area contributed by atoms with Crippen LogP contribution in [0.15, 0.2) is 30.3 Å². The van der Waals surface area contributed by atoms with Crippen LogP contribution in [0.25, 0.3) is 0 Å². The number of aryl methyl sites for hydroxylation is 1. The fourth-order valence-corrected chi connectivity index (χ4v) is 4.03. The van der Waals surface area contributed by atoms with Crippen LogP contribution < -0.4 is 0 Å². The van der Waals surface area contributed by atoms with Gasteiger partial charge in [0.1, 0.15) is 5.15 Å². The molecule has 0 aliphatic carbocycles. The van der Waals surface area contributed by atoms with Crippen molar-refractivity contribution in [1.82, 2.24) is 14.7 Å². The number of carbonyl (C=O) groups excluding carboxylic acids is 1. The van der Waals surface area contributed by atoms with Gasteiger partial charge in [0.25, 0.3) is 5.91 Å². The summed E-state index contributed by atoms with van der Waals surface area (Å²) in [5.41, 5.74) is 2.69. The van der Waals surface area contributed by atoms with Crippen molar-refractivity contribution in [2.24, 2.45) is 11.8 Å². The molecule has 1 fully saturated rings. The summed E-state index contributed by atoms with van der Waals surface area (Å²) in [5.74, 6) is 1.10. The molecule has 4 nitrogen and oxygen atoms in total. The van der Waals surface area contributed by atoms with Crippen LogP contribution in [0.4, 0.5) is 0 Å². The molecule has 5 heteroatoms. The van der Waals surface area contributed by atoms with E-state index in [1.807, 2.05) is 11.8 Å². The van der Waals surface area contributed by atoms with Gasteiger partial charge < -0.3 is 4.90 Å². The van der Waals surface area contributed by atoms with Gasteiger partial charge >= 0.3 is 0 Å². The number of piperidine rings is 1. The molecule has 1 saturated heterocycles. The molecule has 0 spiro atoms. The van der Waals surface area contributed by atoms with E-state index in [0.717, 1.165) is 44.6 Å². The summed E-state index contributed by atoms with van der Waals surface area (Å²) in [5, 5.41) is 4.95. The van der Waals surface area contributed by atoms with Gasteiger partial charge in [-0.15, -0.1) is 0 Å². The van der Waals surface area contributed by atoms with Crippen molar-refractivity contribution in [2.75, 3.05) is 13.1 Å². The summed E-state index contributed by atoms with van der Waals surface area (Å²) in [7, 11) is 0. The largest absolute Gasteiger partial charge is 0.338 e. The Kier molecular flexibility index (Phi) is 6.02. The average molecular weight is 374 g/mol. The maximum absolute atomic E-state index is 13.0. The summed E-state index contributed by atoms with van der Waals surface area (Å²) in [6.07, 6.45) is 3.17. The maximum atomic E-state index is 13.0. The Morgan fingerprint density at radius 3 is 2.50 bits per heavy atom. The second-order valence-electron chi connectivity index (χ2n) is 7.75. The van der Waals surface area contributed by atoms with Gasteiger partial charge in [0.15, 0.2) is 0 Å². The summed E-state index contributed by atoms with van der Waals surface area (Å²) in [6.45, 7) is 8.42. The molecule has 26 heavy (non-hydrogen) atoms. The van der Waals surface area contributed by atoms with Crippen molar-refractivity contribution < 1.29 is 4.79 Å². The van der Waals surface area contributed by atoms with Gasteiger partial charge in [-0.25, -0.2) is 0 Å². The molecule has 0 saturated carbocycles. The molecule has 1 aromatic carbocycles. The highest BCUT2D eigenvalue weighted by Crippen LogP contribution is 2.26. The van der Waals surface area contributed by atoms with Crippen molar-refractivity contribution in [2.45, 2.75) is 46.6 Å². The fraction of sp³-hybridized carbons (Fsp3) is 0.524.